The third-order valence-corrected chi connectivity index (χ3v) is 3.14. The van der Waals surface area contributed by atoms with E-state index in [1.165, 1.54) is 25.0 Å². The topological polar surface area (TPSA) is 79.0 Å². The Balaban J connectivity index is 2.81. The second kappa shape index (κ2) is 8.89. The van der Waals surface area contributed by atoms with Gasteiger partial charge in [-0.2, -0.15) is 0 Å². The number of methoxy groups -OCH3 is 1. The van der Waals surface area contributed by atoms with Crippen LogP contribution in [0.3, 0.4) is 0 Å². The lowest BCUT2D eigenvalue weighted by atomic mass is 10.2. The first-order valence-electron chi connectivity index (χ1n) is 7.23. The van der Waals surface area contributed by atoms with Gasteiger partial charge in [-0.15, -0.1) is 0 Å². The van der Waals surface area contributed by atoms with Gasteiger partial charge in [0.1, 0.15) is 6.54 Å². The van der Waals surface area contributed by atoms with Gasteiger partial charge in [-0.05, 0) is 32.3 Å². The number of ether oxygens (including phenoxy) is 1. The number of esters is 1. The molecular formula is C16H23N3O4. The van der Waals surface area contributed by atoms with Crippen LogP contribution in [0.5, 0.6) is 0 Å². The van der Waals surface area contributed by atoms with Crippen molar-refractivity contribution in [2.75, 3.05) is 45.7 Å². The molecule has 0 saturated carbocycles. The second-order valence-electron chi connectivity index (χ2n) is 5.30. The molecule has 0 unspecified atom stereocenters. The molecule has 0 aliphatic heterocycles. The van der Waals surface area contributed by atoms with Crippen molar-refractivity contribution < 1.29 is 19.1 Å². The van der Waals surface area contributed by atoms with Gasteiger partial charge in [0, 0.05) is 25.7 Å². The molecule has 0 aliphatic rings. The fourth-order valence-electron chi connectivity index (χ4n) is 1.92. The predicted octanol–water partition coefficient (Wildman–Crippen LogP) is 0.504. The van der Waals surface area contributed by atoms with Crippen molar-refractivity contribution in [2.45, 2.75) is 6.92 Å². The molecule has 0 atom stereocenters. The van der Waals surface area contributed by atoms with Crippen molar-refractivity contribution in [2.24, 2.45) is 0 Å². The van der Waals surface area contributed by atoms with Gasteiger partial charge in [0.25, 0.3) is 0 Å². The average Bonchev–Trinajstić information content (AvgIpc) is 2.51. The zero-order valence-electron chi connectivity index (χ0n) is 14.0. The number of hydrogen-bond acceptors (Lipinski definition) is 5. The number of hydrogen-bond donors (Lipinski definition) is 1. The fraction of sp³-hybridized carbons (Fsp3) is 0.438. The van der Waals surface area contributed by atoms with Crippen molar-refractivity contribution in [1.29, 1.82) is 0 Å². The summed E-state index contributed by atoms with van der Waals surface area (Å²) in [6.45, 7) is 2.48. The molecule has 0 radical (unpaired) electrons. The van der Waals surface area contributed by atoms with E-state index >= 15 is 0 Å². The summed E-state index contributed by atoms with van der Waals surface area (Å²) in [6.07, 6.45) is 0. The largest absolute Gasteiger partial charge is 0.465 e. The number of anilines is 1. The summed E-state index contributed by atoms with van der Waals surface area (Å²) >= 11 is 0. The number of amides is 2. The van der Waals surface area contributed by atoms with Gasteiger partial charge >= 0.3 is 5.97 Å². The van der Waals surface area contributed by atoms with Crippen LogP contribution >= 0.6 is 0 Å². The van der Waals surface area contributed by atoms with E-state index in [1.807, 2.05) is 19.0 Å². The molecule has 0 heterocycles. The molecule has 1 N–H and O–H groups in total. The van der Waals surface area contributed by atoms with E-state index in [0.29, 0.717) is 24.3 Å². The summed E-state index contributed by atoms with van der Waals surface area (Å²) in [6, 6.07) is 6.42. The summed E-state index contributed by atoms with van der Waals surface area (Å²) < 4.78 is 4.66. The van der Waals surface area contributed by atoms with Crippen LogP contribution < -0.4 is 10.2 Å². The van der Waals surface area contributed by atoms with E-state index in [-0.39, 0.29) is 18.4 Å². The molecule has 1 rings (SSSR count). The fourth-order valence-corrected chi connectivity index (χ4v) is 1.92. The summed E-state index contributed by atoms with van der Waals surface area (Å²) in [7, 11) is 5.11. The molecule has 126 valence electrons. The smallest absolute Gasteiger partial charge is 0.337 e. The maximum absolute atomic E-state index is 12.0. The molecule has 23 heavy (non-hydrogen) atoms. The highest BCUT2D eigenvalue weighted by Crippen LogP contribution is 2.17. The molecule has 1 aromatic carbocycles. The van der Waals surface area contributed by atoms with Gasteiger partial charge in [0.2, 0.25) is 11.8 Å². The van der Waals surface area contributed by atoms with Crippen LogP contribution in [0.25, 0.3) is 0 Å². The van der Waals surface area contributed by atoms with E-state index in [9.17, 15) is 14.4 Å². The molecule has 0 fully saturated rings. The van der Waals surface area contributed by atoms with Gasteiger partial charge < -0.3 is 19.9 Å². The summed E-state index contributed by atoms with van der Waals surface area (Å²) in [5.41, 5.74) is 0.799. The number of nitrogens with zero attached hydrogens (tertiary/aromatic N) is 2. The van der Waals surface area contributed by atoms with Crippen LogP contribution in [0, 0.1) is 0 Å². The SMILES string of the molecule is COC(=O)c1cccc(N(CC(=O)NCCN(C)C)C(C)=O)c1. The van der Waals surface area contributed by atoms with Crippen molar-refractivity contribution >= 4 is 23.5 Å². The molecule has 7 nitrogen and oxygen atoms in total. The van der Waals surface area contributed by atoms with E-state index in [1.54, 1.807) is 18.2 Å². The minimum absolute atomic E-state index is 0.104. The highest BCUT2D eigenvalue weighted by atomic mass is 16.5. The lowest BCUT2D eigenvalue weighted by molar-refractivity contribution is -0.123. The minimum atomic E-state index is -0.495. The van der Waals surface area contributed by atoms with Crippen molar-refractivity contribution in [3.05, 3.63) is 29.8 Å². The quantitative estimate of drug-likeness (QED) is 0.740. The normalized spacial score (nSPS) is 10.3. The van der Waals surface area contributed by atoms with Gasteiger partial charge in [0.05, 0.1) is 12.7 Å². The highest BCUT2D eigenvalue weighted by Gasteiger charge is 2.17. The Labute approximate surface area is 136 Å². The second-order valence-corrected chi connectivity index (χ2v) is 5.30. The van der Waals surface area contributed by atoms with E-state index in [0.717, 1.165) is 0 Å². The van der Waals surface area contributed by atoms with Crippen LogP contribution in [0.4, 0.5) is 5.69 Å². The molecule has 0 spiro atoms. The lowest BCUT2D eigenvalue weighted by Gasteiger charge is -2.21. The zero-order chi connectivity index (χ0) is 17.4. The van der Waals surface area contributed by atoms with Crippen molar-refractivity contribution in [3.8, 4) is 0 Å². The molecule has 0 aromatic heterocycles. The Kier molecular flexibility index (Phi) is 7.21. The van der Waals surface area contributed by atoms with Crippen molar-refractivity contribution in [1.82, 2.24) is 10.2 Å². The first kappa shape index (κ1) is 18.6. The van der Waals surface area contributed by atoms with Crippen LogP contribution in [-0.2, 0) is 14.3 Å². The number of carbonyl (C=O) groups excluding carboxylic acids is 3. The molecule has 0 bridgehead atoms. The number of rotatable bonds is 7. The Bertz CT molecular complexity index is 572. The van der Waals surface area contributed by atoms with Crippen LogP contribution in [0.15, 0.2) is 24.3 Å². The molecular weight excluding hydrogens is 298 g/mol. The van der Waals surface area contributed by atoms with Crippen LogP contribution in [0.2, 0.25) is 0 Å². The predicted molar refractivity (Wildman–Crippen MR) is 87.4 cm³/mol. The number of likely N-dealkylation sites (N-methyl/N-ethyl adjacent to an activating group) is 1. The highest BCUT2D eigenvalue weighted by molar-refractivity contribution is 5.99. The monoisotopic (exact) mass is 321 g/mol. The van der Waals surface area contributed by atoms with Crippen LogP contribution in [0.1, 0.15) is 17.3 Å². The molecule has 2 amide bonds. The molecule has 0 saturated heterocycles. The van der Waals surface area contributed by atoms with Gasteiger partial charge in [-0.3, -0.25) is 9.59 Å². The van der Waals surface area contributed by atoms with E-state index in [4.69, 9.17) is 0 Å². The summed E-state index contributed by atoms with van der Waals surface area (Å²) in [4.78, 5) is 38.6. The third-order valence-electron chi connectivity index (χ3n) is 3.14. The molecule has 1 aromatic rings. The van der Waals surface area contributed by atoms with E-state index in [2.05, 4.69) is 10.1 Å². The number of carbonyl (C=O) groups is 3. The zero-order valence-corrected chi connectivity index (χ0v) is 14.0. The summed E-state index contributed by atoms with van der Waals surface area (Å²) in [5.74, 6) is -1.04. The van der Waals surface area contributed by atoms with Gasteiger partial charge in [0.15, 0.2) is 0 Å². The first-order valence-corrected chi connectivity index (χ1v) is 7.23. The lowest BCUT2D eigenvalue weighted by Crippen LogP contribution is -2.41. The Morgan fingerprint density at radius 2 is 1.91 bits per heavy atom. The maximum Gasteiger partial charge on any atom is 0.337 e. The van der Waals surface area contributed by atoms with Crippen LogP contribution in [-0.4, -0.2) is 63.5 Å². The Hall–Kier alpha value is -2.41. The standard InChI is InChI=1S/C16H23N3O4/c1-12(20)19(11-15(21)17-8-9-18(2)3)14-7-5-6-13(10-14)16(22)23-4/h5-7,10H,8-9,11H2,1-4H3,(H,17,21). The van der Waals surface area contributed by atoms with Gasteiger partial charge in [-0.1, -0.05) is 6.07 Å². The Morgan fingerprint density at radius 1 is 1.22 bits per heavy atom. The molecule has 7 heteroatoms. The number of benzene rings is 1. The molecule has 0 aliphatic carbocycles. The van der Waals surface area contributed by atoms with E-state index < -0.39 is 5.97 Å². The first-order chi connectivity index (χ1) is 10.8. The maximum atomic E-state index is 12.0. The van der Waals surface area contributed by atoms with Gasteiger partial charge in [-0.25, -0.2) is 4.79 Å². The summed E-state index contributed by atoms with van der Waals surface area (Å²) in [5, 5.41) is 2.75. The van der Waals surface area contributed by atoms with Crippen molar-refractivity contribution in [3.63, 3.8) is 0 Å². The number of nitrogens with one attached hydrogen (secondary N) is 1. The Morgan fingerprint density at radius 3 is 2.48 bits per heavy atom. The average molecular weight is 321 g/mol. The third kappa shape index (κ3) is 6.07. The minimum Gasteiger partial charge on any atom is -0.465 e.